The van der Waals surface area contributed by atoms with Gasteiger partial charge >= 0.3 is 0 Å². The second-order valence-electron chi connectivity index (χ2n) is 7.09. The molecule has 128 valence electrons. The zero-order chi connectivity index (χ0) is 17.1. The van der Waals surface area contributed by atoms with Crippen molar-refractivity contribution in [3.8, 4) is 11.4 Å². The van der Waals surface area contributed by atoms with Crippen LogP contribution in [0.1, 0.15) is 19.3 Å². The van der Waals surface area contributed by atoms with Crippen molar-refractivity contribution in [2.75, 3.05) is 12.0 Å². The molecule has 3 fully saturated rings. The molecule has 2 aromatic rings. The lowest BCUT2D eigenvalue weighted by molar-refractivity contribution is -0.123. The van der Waals surface area contributed by atoms with Crippen LogP contribution in [0.5, 0.6) is 5.75 Å². The molecule has 2 bridgehead atoms. The minimum atomic E-state index is -0.118. The Morgan fingerprint density at radius 1 is 1.12 bits per heavy atom. The predicted octanol–water partition coefficient (Wildman–Crippen LogP) is 1.81. The zero-order valence-electron chi connectivity index (χ0n) is 13.8. The molecule has 2 aliphatic carbocycles. The number of aromatic nitrogens is 3. The number of hydrogen-bond acceptors (Lipinski definition) is 5. The number of anilines is 1. The van der Waals surface area contributed by atoms with Crippen molar-refractivity contribution < 1.29 is 14.3 Å². The summed E-state index contributed by atoms with van der Waals surface area (Å²) in [6.45, 7) is 0. The molecule has 1 saturated heterocycles. The molecule has 4 unspecified atom stereocenters. The molecule has 1 aliphatic heterocycles. The summed E-state index contributed by atoms with van der Waals surface area (Å²) in [4.78, 5) is 31.2. The van der Waals surface area contributed by atoms with Crippen LogP contribution in [0.15, 0.2) is 30.9 Å². The third-order valence-corrected chi connectivity index (χ3v) is 6.01. The summed E-state index contributed by atoms with van der Waals surface area (Å²) < 4.78 is 7.04. The Morgan fingerprint density at radius 3 is 2.44 bits per heavy atom. The van der Waals surface area contributed by atoms with Gasteiger partial charge in [-0.05, 0) is 43.2 Å². The summed E-state index contributed by atoms with van der Waals surface area (Å²) in [5, 5.41) is 4.10. The van der Waals surface area contributed by atoms with Gasteiger partial charge in [-0.25, -0.2) is 14.6 Å². The quantitative estimate of drug-likeness (QED) is 0.798. The number of amides is 2. The maximum Gasteiger partial charge on any atom is 0.237 e. The summed E-state index contributed by atoms with van der Waals surface area (Å²) in [5.74, 6) is 0.985. The van der Waals surface area contributed by atoms with E-state index < -0.39 is 0 Å². The summed E-state index contributed by atoms with van der Waals surface area (Å²) in [6, 6.07) is 5.31. The van der Waals surface area contributed by atoms with E-state index in [1.54, 1.807) is 36.3 Å². The Morgan fingerprint density at radius 2 is 1.84 bits per heavy atom. The van der Waals surface area contributed by atoms with E-state index in [-0.39, 0.29) is 23.7 Å². The van der Waals surface area contributed by atoms with Crippen molar-refractivity contribution in [3.05, 3.63) is 30.9 Å². The van der Waals surface area contributed by atoms with Gasteiger partial charge in [-0.15, -0.1) is 0 Å². The molecule has 0 N–H and O–H groups in total. The van der Waals surface area contributed by atoms with E-state index in [1.165, 1.54) is 11.2 Å². The Balaban J connectivity index is 1.54. The number of ether oxygens (including phenoxy) is 1. The number of nitrogens with zero attached hydrogens (tertiary/aromatic N) is 4. The molecule has 0 spiro atoms. The van der Waals surface area contributed by atoms with E-state index in [4.69, 9.17) is 4.74 Å². The minimum absolute atomic E-state index is 0.0437. The minimum Gasteiger partial charge on any atom is -0.494 e. The first-order valence-corrected chi connectivity index (χ1v) is 8.60. The smallest absolute Gasteiger partial charge is 0.237 e. The normalized spacial score (nSPS) is 30.2. The predicted molar refractivity (Wildman–Crippen MR) is 88.2 cm³/mol. The van der Waals surface area contributed by atoms with Crippen molar-refractivity contribution in [3.63, 3.8) is 0 Å². The van der Waals surface area contributed by atoms with E-state index in [9.17, 15) is 9.59 Å². The lowest BCUT2D eigenvalue weighted by Crippen LogP contribution is -2.32. The van der Waals surface area contributed by atoms with Crippen LogP contribution >= 0.6 is 0 Å². The van der Waals surface area contributed by atoms with Crippen molar-refractivity contribution in [2.45, 2.75) is 19.3 Å². The van der Waals surface area contributed by atoms with Crippen molar-refractivity contribution >= 4 is 17.5 Å². The topological polar surface area (TPSA) is 77.3 Å². The summed E-state index contributed by atoms with van der Waals surface area (Å²) >= 11 is 0. The summed E-state index contributed by atoms with van der Waals surface area (Å²) in [6.07, 6.45) is 6.21. The van der Waals surface area contributed by atoms with Crippen molar-refractivity contribution in [2.24, 2.45) is 23.7 Å². The Kier molecular flexibility index (Phi) is 3.01. The van der Waals surface area contributed by atoms with Gasteiger partial charge in [-0.3, -0.25) is 9.59 Å². The van der Waals surface area contributed by atoms with Gasteiger partial charge in [0.2, 0.25) is 11.8 Å². The number of fused-ring (bicyclic) bond motifs is 5. The third kappa shape index (κ3) is 1.92. The highest BCUT2D eigenvalue weighted by Crippen LogP contribution is 2.56. The van der Waals surface area contributed by atoms with Gasteiger partial charge < -0.3 is 4.74 Å². The van der Waals surface area contributed by atoms with E-state index in [0.29, 0.717) is 29.0 Å². The standard InChI is InChI=1S/C18H18N4O3/c1-25-14-7-12(4-5-13(14)21-9-19-8-20-21)22-17(23)15-10-2-3-11(6-10)16(15)18(22)24/h4-5,7-11,15-16H,2-3,6H2,1H3. The van der Waals surface area contributed by atoms with Crippen LogP contribution in [-0.2, 0) is 9.59 Å². The lowest BCUT2D eigenvalue weighted by Gasteiger charge is -2.19. The monoisotopic (exact) mass is 338 g/mol. The fraction of sp³-hybridized carbons (Fsp3) is 0.444. The molecule has 7 heteroatoms. The summed E-state index contributed by atoms with van der Waals surface area (Å²) in [7, 11) is 1.56. The maximum atomic E-state index is 12.9. The molecule has 25 heavy (non-hydrogen) atoms. The average molecular weight is 338 g/mol. The van der Waals surface area contributed by atoms with Gasteiger partial charge in [0.05, 0.1) is 24.6 Å². The second-order valence-corrected chi connectivity index (χ2v) is 7.09. The Bertz CT molecular complexity index is 835. The SMILES string of the molecule is COc1cc(N2C(=O)C3C4CCC(C4)C3C2=O)ccc1-n1cncn1. The second kappa shape index (κ2) is 5.15. The molecule has 4 atom stereocenters. The highest BCUT2D eigenvalue weighted by molar-refractivity contribution is 6.22. The van der Waals surface area contributed by atoms with Gasteiger partial charge in [-0.1, -0.05) is 0 Å². The van der Waals surface area contributed by atoms with Crippen LogP contribution < -0.4 is 9.64 Å². The fourth-order valence-corrected chi connectivity index (χ4v) is 4.99. The fourth-order valence-electron chi connectivity index (χ4n) is 4.99. The molecular weight excluding hydrogens is 320 g/mol. The number of hydrogen-bond donors (Lipinski definition) is 0. The molecule has 2 heterocycles. The Hall–Kier alpha value is -2.70. The van der Waals surface area contributed by atoms with Crippen LogP contribution in [0, 0.1) is 23.7 Å². The van der Waals surface area contributed by atoms with Crippen LogP contribution in [-0.4, -0.2) is 33.7 Å². The number of methoxy groups -OCH3 is 1. The van der Waals surface area contributed by atoms with Gasteiger partial charge in [0.15, 0.2) is 0 Å². The molecule has 5 rings (SSSR count). The number of imide groups is 1. The molecule has 2 saturated carbocycles. The molecule has 2 amide bonds. The van der Waals surface area contributed by atoms with Crippen LogP contribution in [0.3, 0.4) is 0 Å². The first-order valence-electron chi connectivity index (χ1n) is 8.60. The van der Waals surface area contributed by atoms with Crippen LogP contribution in [0.4, 0.5) is 5.69 Å². The van der Waals surface area contributed by atoms with Crippen molar-refractivity contribution in [1.82, 2.24) is 14.8 Å². The van der Waals surface area contributed by atoms with Crippen LogP contribution in [0.25, 0.3) is 5.69 Å². The lowest BCUT2D eigenvalue weighted by atomic mass is 9.81. The highest BCUT2D eigenvalue weighted by Gasteiger charge is 2.61. The summed E-state index contributed by atoms with van der Waals surface area (Å²) in [5.41, 5.74) is 1.28. The molecule has 1 aromatic heterocycles. The first-order chi connectivity index (χ1) is 12.2. The van der Waals surface area contributed by atoms with E-state index in [1.807, 2.05) is 0 Å². The van der Waals surface area contributed by atoms with E-state index >= 15 is 0 Å². The molecule has 0 radical (unpaired) electrons. The van der Waals surface area contributed by atoms with E-state index in [0.717, 1.165) is 19.3 Å². The van der Waals surface area contributed by atoms with Gasteiger partial charge in [0, 0.05) is 6.07 Å². The van der Waals surface area contributed by atoms with E-state index in [2.05, 4.69) is 10.1 Å². The molecule has 1 aromatic carbocycles. The zero-order valence-corrected chi connectivity index (χ0v) is 13.8. The third-order valence-electron chi connectivity index (χ3n) is 6.01. The van der Waals surface area contributed by atoms with Gasteiger partial charge in [0.1, 0.15) is 24.1 Å². The maximum absolute atomic E-state index is 12.9. The van der Waals surface area contributed by atoms with Gasteiger partial charge in [0.25, 0.3) is 0 Å². The largest absolute Gasteiger partial charge is 0.494 e. The Labute approximate surface area is 144 Å². The first kappa shape index (κ1) is 14.6. The number of carbonyl (C=O) groups is 2. The number of carbonyl (C=O) groups excluding carboxylic acids is 2. The average Bonchev–Trinajstić information content (AvgIpc) is 3.39. The number of rotatable bonds is 3. The molecule has 7 nitrogen and oxygen atoms in total. The highest BCUT2D eigenvalue weighted by atomic mass is 16.5. The van der Waals surface area contributed by atoms with Crippen LogP contribution in [0.2, 0.25) is 0 Å². The van der Waals surface area contributed by atoms with Gasteiger partial charge in [-0.2, -0.15) is 5.10 Å². The van der Waals surface area contributed by atoms with Crippen molar-refractivity contribution in [1.29, 1.82) is 0 Å². The number of benzene rings is 1. The molecular formula is C18H18N4O3. The molecule has 3 aliphatic rings.